The largest absolute Gasteiger partial charge is 0.480 e. The molecule has 0 saturated carbocycles. The standard InChI is InChI=1S/C9H9Br2NO4S/c1-3(13)6(9(15)16)12-8(14)4-2-5(10)17-7(4)11/h2-3,6,13H,1H3,(H,12,14)(H,15,16)/t3-,6+/m1/s1. The van der Waals surface area contributed by atoms with Crippen molar-refractivity contribution in [1.29, 1.82) is 0 Å². The highest BCUT2D eigenvalue weighted by atomic mass is 79.9. The number of aliphatic hydroxyl groups excluding tert-OH is 1. The van der Waals surface area contributed by atoms with Crippen LogP contribution in [-0.2, 0) is 4.79 Å². The summed E-state index contributed by atoms with van der Waals surface area (Å²) in [5, 5.41) is 20.3. The monoisotopic (exact) mass is 385 g/mol. The van der Waals surface area contributed by atoms with Gasteiger partial charge in [0, 0.05) is 0 Å². The number of halogens is 2. The Kier molecular flexibility index (Phi) is 5.11. The molecule has 94 valence electrons. The van der Waals surface area contributed by atoms with Crippen LogP contribution in [-0.4, -0.2) is 34.2 Å². The predicted molar refractivity (Wildman–Crippen MR) is 70.3 cm³/mol. The summed E-state index contributed by atoms with van der Waals surface area (Å²) in [5.41, 5.74) is 0.328. The maximum Gasteiger partial charge on any atom is 0.328 e. The van der Waals surface area contributed by atoms with E-state index in [-0.39, 0.29) is 0 Å². The predicted octanol–water partition coefficient (Wildman–Crippen LogP) is 1.84. The third kappa shape index (κ3) is 3.77. The Balaban J connectivity index is 2.85. The van der Waals surface area contributed by atoms with E-state index in [1.807, 2.05) is 0 Å². The summed E-state index contributed by atoms with van der Waals surface area (Å²) in [6.07, 6.45) is -1.17. The fourth-order valence-electron chi connectivity index (χ4n) is 1.10. The molecule has 1 aromatic heterocycles. The highest BCUT2D eigenvalue weighted by Crippen LogP contribution is 2.31. The molecule has 0 aromatic carbocycles. The minimum atomic E-state index is -1.33. The number of thiophene rings is 1. The van der Waals surface area contributed by atoms with Crippen molar-refractivity contribution in [2.75, 3.05) is 0 Å². The van der Waals surface area contributed by atoms with Crippen molar-refractivity contribution < 1.29 is 19.8 Å². The first kappa shape index (κ1) is 14.6. The summed E-state index contributed by atoms with van der Waals surface area (Å²) >= 11 is 7.72. The zero-order valence-corrected chi connectivity index (χ0v) is 12.6. The number of nitrogens with one attached hydrogen (secondary N) is 1. The minimum absolute atomic E-state index is 0.328. The lowest BCUT2D eigenvalue weighted by Crippen LogP contribution is -2.47. The number of carbonyl (C=O) groups excluding carboxylic acids is 1. The van der Waals surface area contributed by atoms with Crippen LogP contribution in [0.15, 0.2) is 13.6 Å². The molecular weight excluding hydrogens is 378 g/mol. The minimum Gasteiger partial charge on any atom is -0.480 e. The maximum absolute atomic E-state index is 11.8. The average molecular weight is 387 g/mol. The van der Waals surface area contributed by atoms with Crippen molar-refractivity contribution >= 4 is 55.1 Å². The van der Waals surface area contributed by atoms with E-state index in [0.29, 0.717) is 9.35 Å². The van der Waals surface area contributed by atoms with Gasteiger partial charge in [0.15, 0.2) is 6.04 Å². The molecule has 0 aliphatic carbocycles. The SMILES string of the molecule is C[C@@H](O)[C@H](NC(=O)c1cc(Br)sc1Br)C(=O)O. The molecule has 17 heavy (non-hydrogen) atoms. The van der Waals surface area contributed by atoms with Crippen LogP contribution in [0.4, 0.5) is 0 Å². The number of rotatable bonds is 4. The molecule has 1 rings (SSSR count). The second-order valence-corrected chi connectivity index (χ2v) is 7.02. The lowest BCUT2D eigenvalue weighted by atomic mass is 10.1. The third-order valence-corrected chi connectivity index (χ3v) is 4.28. The van der Waals surface area contributed by atoms with Gasteiger partial charge in [-0.25, -0.2) is 4.79 Å². The second kappa shape index (κ2) is 5.94. The summed E-state index contributed by atoms with van der Waals surface area (Å²) in [7, 11) is 0. The van der Waals surface area contributed by atoms with E-state index in [2.05, 4.69) is 37.2 Å². The van der Waals surface area contributed by atoms with E-state index in [9.17, 15) is 14.7 Å². The topological polar surface area (TPSA) is 86.6 Å². The molecule has 3 N–H and O–H groups in total. The van der Waals surface area contributed by atoms with Gasteiger partial charge in [-0.2, -0.15) is 0 Å². The summed E-state index contributed by atoms with van der Waals surface area (Å²) in [4.78, 5) is 22.6. The summed E-state index contributed by atoms with van der Waals surface area (Å²) in [5.74, 6) is -1.83. The van der Waals surface area contributed by atoms with E-state index in [1.54, 1.807) is 6.07 Å². The summed E-state index contributed by atoms with van der Waals surface area (Å²) in [6, 6.07) is 0.249. The molecule has 1 amide bonds. The summed E-state index contributed by atoms with van der Waals surface area (Å²) in [6.45, 7) is 1.30. The Bertz CT molecular complexity index is 446. The van der Waals surface area contributed by atoms with Crippen molar-refractivity contribution in [2.24, 2.45) is 0 Å². The molecule has 0 radical (unpaired) electrons. The number of carboxylic acid groups (broad SMARTS) is 1. The van der Waals surface area contributed by atoms with E-state index in [1.165, 1.54) is 18.3 Å². The molecule has 8 heteroatoms. The van der Waals surface area contributed by atoms with Crippen LogP contribution in [0.25, 0.3) is 0 Å². The van der Waals surface area contributed by atoms with Crippen LogP contribution in [0.5, 0.6) is 0 Å². The molecule has 0 aliphatic rings. The number of aliphatic hydroxyl groups is 1. The van der Waals surface area contributed by atoms with Crippen molar-refractivity contribution in [3.8, 4) is 0 Å². The zero-order chi connectivity index (χ0) is 13.2. The first-order valence-electron chi connectivity index (χ1n) is 4.49. The normalized spacial score (nSPS) is 14.1. The van der Waals surface area contributed by atoms with Gasteiger partial charge < -0.3 is 15.5 Å². The average Bonchev–Trinajstić information content (AvgIpc) is 2.53. The van der Waals surface area contributed by atoms with Gasteiger partial charge in [-0.3, -0.25) is 4.79 Å². The smallest absolute Gasteiger partial charge is 0.328 e. The van der Waals surface area contributed by atoms with Crippen molar-refractivity contribution in [3.63, 3.8) is 0 Å². The lowest BCUT2D eigenvalue weighted by Gasteiger charge is -2.16. The van der Waals surface area contributed by atoms with Crippen molar-refractivity contribution in [1.82, 2.24) is 5.32 Å². The molecule has 0 bridgehead atoms. The maximum atomic E-state index is 11.8. The fraction of sp³-hybridized carbons (Fsp3) is 0.333. The first-order chi connectivity index (χ1) is 7.82. The van der Waals surface area contributed by atoms with Crippen molar-refractivity contribution in [2.45, 2.75) is 19.1 Å². The molecule has 0 spiro atoms. The van der Waals surface area contributed by atoms with Crippen LogP contribution in [0.1, 0.15) is 17.3 Å². The van der Waals surface area contributed by atoms with Crippen LogP contribution >= 0.6 is 43.2 Å². The van der Waals surface area contributed by atoms with E-state index in [4.69, 9.17) is 5.11 Å². The number of hydrogen-bond donors (Lipinski definition) is 3. The van der Waals surface area contributed by atoms with Gasteiger partial charge >= 0.3 is 5.97 Å². The van der Waals surface area contributed by atoms with Crippen LogP contribution in [0.3, 0.4) is 0 Å². The zero-order valence-electron chi connectivity index (χ0n) is 8.61. The first-order valence-corrected chi connectivity index (χ1v) is 6.89. The van der Waals surface area contributed by atoms with Crippen LogP contribution < -0.4 is 5.32 Å². The van der Waals surface area contributed by atoms with Crippen LogP contribution in [0.2, 0.25) is 0 Å². The number of hydrogen-bond acceptors (Lipinski definition) is 4. The molecule has 0 saturated heterocycles. The molecule has 1 heterocycles. The highest BCUT2D eigenvalue weighted by molar-refractivity contribution is 9.12. The number of amides is 1. The molecule has 2 atom stereocenters. The molecule has 5 nitrogen and oxygen atoms in total. The van der Waals surface area contributed by atoms with Crippen molar-refractivity contribution in [3.05, 3.63) is 19.2 Å². The summed E-state index contributed by atoms with van der Waals surface area (Å²) < 4.78 is 1.34. The van der Waals surface area contributed by atoms with E-state index in [0.717, 1.165) is 3.79 Å². The Morgan fingerprint density at radius 2 is 2.06 bits per heavy atom. The Morgan fingerprint density at radius 1 is 1.47 bits per heavy atom. The third-order valence-electron chi connectivity index (χ3n) is 1.94. The molecule has 0 aliphatic heterocycles. The lowest BCUT2D eigenvalue weighted by molar-refractivity contribution is -0.141. The number of aliphatic carboxylic acids is 1. The van der Waals surface area contributed by atoms with Gasteiger partial charge in [-0.15, -0.1) is 11.3 Å². The fourth-order valence-corrected chi connectivity index (χ4v) is 3.90. The Labute approximate surface area is 118 Å². The van der Waals surface area contributed by atoms with Crippen LogP contribution in [0, 0.1) is 0 Å². The molecule has 1 aromatic rings. The highest BCUT2D eigenvalue weighted by Gasteiger charge is 2.26. The van der Waals surface area contributed by atoms with Gasteiger partial charge in [0.05, 0.1) is 19.2 Å². The quantitative estimate of drug-likeness (QED) is 0.736. The molecule has 0 unspecified atom stereocenters. The molecule has 0 fully saturated rings. The number of carboxylic acids is 1. The van der Waals surface area contributed by atoms with Gasteiger partial charge in [-0.05, 0) is 44.8 Å². The second-order valence-electron chi connectivity index (χ2n) is 3.27. The Hall–Kier alpha value is -0.440. The van der Waals surface area contributed by atoms with Gasteiger partial charge in [0.1, 0.15) is 0 Å². The van der Waals surface area contributed by atoms with Gasteiger partial charge in [-0.1, -0.05) is 0 Å². The number of carbonyl (C=O) groups is 2. The van der Waals surface area contributed by atoms with Gasteiger partial charge in [0.2, 0.25) is 0 Å². The van der Waals surface area contributed by atoms with Gasteiger partial charge in [0.25, 0.3) is 5.91 Å². The molecular formula is C9H9Br2NO4S. The van der Waals surface area contributed by atoms with E-state index >= 15 is 0 Å². The van der Waals surface area contributed by atoms with E-state index < -0.39 is 24.0 Å². The Morgan fingerprint density at radius 3 is 2.41 bits per heavy atom.